The number of para-hydroxylation sites is 1. The molecule has 0 bridgehead atoms. The van der Waals surface area contributed by atoms with Crippen molar-refractivity contribution in [1.29, 1.82) is 0 Å². The van der Waals surface area contributed by atoms with E-state index in [1.54, 1.807) is 34.9 Å². The number of pyridine rings is 2. The number of benzene rings is 2. The van der Waals surface area contributed by atoms with Crippen LogP contribution in [0, 0.1) is 34.5 Å². The van der Waals surface area contributed by atoms with E-state index < -0.39 is 24.6 Å². The zero-order valence-electron chi connectivity index (χ0n) is 32.3. The van der Waals surface area contributed by atoms with E-state index in [9.17, 15) is 24.0 Å². The van der Waals surface area contributed by atoms with E-state index in [2.05, 4.69) is 13.8 Å². The molecule has 2 aliphatic heterocycles. The highest BCUT2D eigenvalue weighted by atomic mass is 16.6. The zero-order valence-corrected chi connectivity index (χ0v) is 32.3. The standard InChI is InChI=1S/C46H46N2O9/c1-45-17-15-30(20-28(45)9-12-31-34-13-14-38(49)46(34,2)18-16-35(31)45)56-43(52)25-7-10-29(11-8-25)54-24-39(50)57-41-32-21-37-40-27(19-26-5-3-4-6-36(26)47-40)22-48(37)42(51)33(32)23-55-44(41)53/h3-8,10-11,19,21,28,30-31,34-35,41H,9,12-18,20,22-24H2,1-2H3/t28?,30-,31?,34?,35?,41-,45-,46-/m0/s1. The molecule has 57 heavy (non-hydrogen) atoms. The normalized spacial score (nSPS) is 30.8. The highest BCUT2D eigenvalue weighted by Crippen LogP contribution is 2.65. The molecule has 4 heterocycles. The minimum absolute atomic E-state index is 0.120. The number of Topliss-reactive ketones (excluding diaryl/α,β-unsaturated/α-hetero) is 1. The molecule has 4 unspecified atom stereocenters. The van der Waals surface area contributed by atoms with Gasteiger partial charge in [0.05, 0.1) is 34.6 Å². The van der Waals surface area contributed by atoms with E-state index in [0.717, 1.165) is 67.8 Å². The van der Waals surface area contributed by atoms with E-state index >= 15 is 0 Å². The van der Waals surface area contributed by atoms with E-state index in [4.69, 9.17) is 23.9 Å². The Kier molecular flexibility index (Phi) is 8.46. The molecule has 4 fully saturated rings. The second-order valence-corrected chi connectivity index (χ2v) is 17.7. The molecule has 4 saturated carbocycles. The van der Waals surface area contributed by atoms with Crippen LogP contribution in [0.5, 0.6) is 5.75 Å². The van der Waals surface area contributed by atoms with Gasteiger partial charge in [-0.15, -0.1) is 0 Å². The molecule has 2 aromatic heterocycles. The number of aromatic nitrogens is 2. The zero-order chi connectivity index (χ0) is 39.2. The maximum absolute atomic E-state index is 13.6. The van der Waals surface area contributed by atoms with Crippen LogP contribution in [0.15, 0.2) is 65.5 Å². The maximum Gasteiger partial charge on any atom is 0.352 e. The van der Waals surface area contributed by atoms with Crippen molar-refractivity contribution in [2.24, 2.45) is 34.5 Å². The lowest BCUT2D eigenvalue weighted by Gasteiger charge is -2.60. The topological polar surface area (TPSA) is 140 Å². The van der Waals surface area contributed by atoms with Crippen LogP contribution in [-0.4, -0.2) is 46.0 Å². The predicted octanol–water partition coefficient (Wildman–Crippen LogP) is 7.28. The fraction of sp³-hybridized carbons (Fsp3) is 0.478. The molecule has 8 atom stereocenters. The highest BCUT2D eigenvalue weighted by molar-refractivity contribution is 5.90. The fourth-order valence-corrected chi connectivity index (χ4v) is 11.9. The van der Waals surface area contributed by atoms with Crippen molar-refractivity contribution in [3.05, 3.63) is 93.3 Å². The summed E-state index contributed by atoms with van der Waals surface area (Å²) in [5, 5.41) is 0.961. The van der Waals surface area contributed by atoms with Crippen molar-refractivity contribution in [2.75, 3.05) is 6.61 Å². The van der Waals surface area contributed by atoms with Gasteiger partial charge in [0, 0.05) is 28.3 Å². The molecule has 6 aliphatic rings. The number of hydrogen-bond donors (Lipinski definition) is 0. The summed E-state index contributed by atoms with van der Waals surface area (Å²) in [6.07, 6.45) is 7.39. The maximum atomic E-state index is 13.6. The molecule has 0 N–H and O–H groups in total. The van der Waals surface area contributed by atoms with Crippen molar-refractivity contribution >= 4 is 34.6 Å². The van der Waals surface area contributed by atoms with Gasteiger partial charge in [0.2, 0.25) is 6.10 Å². The molecule has 294 valence electrons. The second kappa shape index (κ2) is 13.4. The highest BCUT2D eigenvalue weighted by Gasteiger charge is 2.60. The van der Waals surface area contributed by atoms with Crippen LogP contribution in [0.3, 0.4) is 0 Å². The summed E-state index contributed by atoms with van der Waals surface area (Å²) < 4.78 is 24.2. The van der Waals surface area contributed by atoms with E-state index in [1.165, 1.54) is 6.42 Å². The average Bonchev–Trinajstić information content (AvgIpc) is 3.73. The lowest BCUT2D eigenvalue weighted by atomic mass is 9.45. The summed E-state index contributed by atoms with van der Waals surface area (Å²) in [5.41, 5.74) is 3.57. The Hall–Kier alpha value is -5.32. The van der Waals surface area contributed by atoms with Crippen LogP contribution in [0.2, 0.25) is 0 Å². The molecule has 10 rings (SSSR count). The number of ether oxygens (including phenoxy) is 4. The minimum Gasteiger partial charge on any atom is -0.482 e. The van der Waals surface area contributed by atoms with Crippen LogP contribution < -0.4 is 10.3 Å². The number of esters is 3. The number of hydrogen-bond acceptors (Lipinski definition) is 10. The third-order valence-electron chi connectivity index (χ3n) is 15.0. The summed E-state index contributed by atoms with van der Waals surface area (Å²) in [6, 6.07) is 17.8. The van der Waals surface area contributed by atoms with Gasteiger partial charge in [-0.3, -0.25) is 9.59 Å². The third-order valence-corrected chi connectivity index (χ3v) is 15.0. The number of nitrogens with zero attached hydrogens (tertiary/aromatic N) is 2. The SMILES string of the molecule is C[C@]12CC[C@H](OC(=O)c3ccc(OCC(=O)O[C@@H]4C(=O)OCc5c4cc4n(c5=O)Cc5cc6ccccc6nc5-4)cc3)CC1CCC1C2CC[C@]2(C)C(=O)CCC12. The lowest BCUT2D eigenvalue weighted by molar-refractivity contribution is -0.172. The lowest BCUT2D eigenvalue weighted by Crippen LogP contribution is -2.54. The molecule has 0 saturated heterocycles. The third kappa shape index (κ3) is 5.82. The molecular formula is C46H46N2O9. The number of fused-ring (bicyclic) bond motifs is 10. The van der Waals surface area contributed by atoms with E-state index in [-0.39, 0.29) is 46.2 Å². The first-order chi connectivity index (χ1) is 27.5. The van der Waals surface area contributed by atoms with Gasteiger partial charge in [-0.2, -0.15) is 0 Å². The first-order valence-electron chi connectivity index (χ1n) is 20.5. The van der Waals surface area contributed by atoms with Crippen molar-refractivity contribution in [3.8, 4) is 17.1 Å². The smallest absolute Gasteiger partial charge is 0.352 e. The van der Waals surface area contributed by atoms with Crippen molar-refractivity contribution < 1.29 is 38.1 Å². The van der Waals surface area contributed by atoms with Crippen LogP contribution in [0.1, 0.15) is 105 Å². The Labute approximate surface area is 330 Å². The summed E-state index contributed by atoms with van der Waals surface area (Å²) >= 11 is 0. The first-order valence-corrected chi connectivity index (χ1v) is 20.5. The number of rotatable bonds is 6. The van der Waals surface area contributed by atoms with Crippen LogP contribution in [-0.2, 0) is 41.7 Å². The number of ketones is 1. The van der Waals surface area contributed by atoms with Crippen LogP contribution >= 0.6 is 0 Å². The molecule has 11 heteroatoms. The number of carbonyl (C=O) groups excluding carboxylic acids is 4. The van der Waals surface area contributed by atoms with Crippen molar-refractivity contribution in [1.82, 2.24) is 9.55 Å². The van der Waals surface area contributed by atoms with E-state index in [0.29, 0.717) is 58.7 Å². The first kappa shape index (κ1) is 36.0. The Morgan fingerprint density at radius 2 is 1.74 bits per heavy atom. The number of carbonyl (C=O) groups is 4. The van der Waals surface area contributed by atoms with Gasteiger partial charge in [-0.1, -0.05) is 32.0 Å². The molecule has 0 radical (unpaired) electrons. The van der Waals surface area contributed by atoms with Crippen molar-refractivity contribution in [2.45, 2.75) is 97.0 Å². The van der Waals surface area contributed by atoms with Gasteiger partial charge in [-0.25, -0.2) is 19.4 Å². The molecule has 4 aromatic rings. The Morgan fingerprint density at radius 1 is 0.912 bits per heavy atom. The largest absolute Gasteiger partial charge is 0.482 e. The predicted molar refractivity (Wildman–Crippen MR) is 207 cm³/mol. The van der Waals surface area contributed by atoms with Gasteiger partial charge in [-0.05, 0) is 123 Å². The van der Waals surface area contributed by atoms with Gasteiger partial charge in [0.1, 0.15) is 24.2 Å². The molecule has 0 spiro atoms. The Bertz CT molecular complexity index is 2420. The minimum atomic E-state index is -1.44. The second-order valence-electron chi connectivity index (χ2n) is 17.7. The summed E-state index contributed by atoms with van der Waals surface area (Å²) in [4.78, 5) is 70.5. The van der Waals surface area contributed by atoms with Gasteiger partial charge in [0.15, 0.2) is 6.61 Å². The Morgan fingerprint density at radius 3 is 2.58 bits per heavy atom. The van der Waals surface area contributed by atoms with Gasteiger partial charge >= 0.3 is 17.9 Å². The van der Waals surface area contributed by atoms with Gasteiger partial charge in [0.25, 0.3) is 5.56 Å². The molecule has 4 aliphatic carbocycles. The van der Waals surface area contributed by atoms with Gasteiger partial charge < -0.3 is 23.5 Å². The average molecular weight is 771 g/mol. The summed E-state index contributed by atoms with van der Waals surface area (Å²) in [5.74, 6) is 1.12. The van der Waals surface area contributed by atoms with Crippen LogP contribution in [0.4, 0.5) is 0 Å². The summed E-state index contributed by atoms with van der Waals surface area (Å²) in [6.45, 7) is 4.30. The fourth-order valence-electron chi connectivity index (χ4n) is 11.9. The Balaban J connectivity index is 0.756. The monoisotopic (exact) mass is 770 g/mol. The quantitative estimate of drug-likeness (QED) is 0.128. The van der Waals surface area contributed by atoms with E-state index in [1.807, 2.05) is 30.3 Å². The molecule has 11 nitrogen and oxygen atoms in total. The molecular weight excluding hydrogens is 725 g/mol. The molecule has 2 aromatic carbocycles. The van der Waals surface area contributed by atoms with Crippen LogP contribution in [0.25, 0.3) is 22.3 Å². The molecule has 0 amide bonds. The summed E-state index contributed by atoms with van der Waals surface area (Å²) in [7, 11) is 0. The number of cyclic esters (lactones) is 1. The van der Waals surface area contributed by atoms with Crippen molar-refractivity contribution in [3.63, 3.8) is 0 Å².